The van der Waals surface area contributed by atoms with Crippen molar-refractivity contribution >= 4 is 16.8 Å². The highest BCUT2D eigenvalue weighted by atomic mass is 16.3. The van der Waals surface area contributed by atoms with Gasteiger partial charge in [-0.3, -0.25) is 9.59 Å². The average Bonchev–Trinajstić information content (AvgIpc) is 2.56. The molecule has 1 amide bonds. The summed E-state index contributed by atoms with van der Waals surface area (Å²) >= 11 is 0. The molecule has 5 heteroatoms. The smallest absolute Gasteiger partial charge is 0.239 e. The number of aliphatic hydroxyl groups excluding tert-OH is 1. The van der Waals surface area contributed by atoms with E-state index in [0.29, 0.717) is 17.8 Å². The van der Waals surface area contributed by atoms with Gasteiger partial charge in [-0.15, -0.1) is 0 Å². The molecule has 1 fully saturated rings. The zero-order valence-electron chi connectivity index (χ0n) is 13.1. The Kier molecular flexibility index (Phi) is 4.76. The first-order valence-corrected chi connectivity index (χ1v) is 8.16. The van der Waals surface area contributed by atoms with Crippen LogP contribution in [0.15, 0.2) is 41.3 Å². The molecule has 0 bridgehead atoms. The van der Waals surface area contributed by atoms with Crippen molar-refractivity contribution in [3.05, 3.63) is 46.8 Å². The number of hydrogen-bond acceptors (Lipinski definition) is 3. The summed E-state index contributed by atoms with van der Waals surface area (Å²) in [5.41, 5.74) is 0.733. The van der Waals surface area contributed by atoms with E-state index in [1.54, 1.807) is 16.8 Å². The van der Waals surface area contributed by atoms with Crippen LogP contribution >= 0.6 is 0 Å². The first-order valence-electron chi connectivity index (χ1n) is 8.16. The number of aliphatic hydroxyl groups is 1. The Morgan fingerprint density at radius 1 is 1.26 bits per heavy atom. The Morgan fingerprint density at radius 3 is 2.91 bits per heavy atom. The molecule has 3 rings (SSSR count). The maximum atomic E-state index is 12.2. The lowest BCUT2D eigenvalue weighted by Crippen LogP contribution is -2.35. The van der Waals surface area contributed by atoms with Gasteiger partial charge in [-0.1, -0.05) is 18.6 Å². The second-order valence-electron chi connectivity index (χ2n) is 6.32. The zero-order valence-corrected chi connectivity index (χ0v) is 13.1. The van der Waals surface area contributed by atoms with Gasteiger partial charge in [0, 0.05) is 24.2 Å². The molecule has 1 aliphatic rings. The molecule has 2 atom stereocenters. The number of benzene rings is 1. The van der Waals surface area contributed by atoms with Crippen LogP contribution in [-0.4, -0.2) is 28.2 Å². The molecule has 0 radical (unpaired) electrons. The standard InChI is InChI=1S/C18H22N2O3/c21-14-5-3-4-13(10-14)11-19-18(23)12-20-9-8-17(22)15-6-1-2-7-16(15)20/h1-2,6-9,13-14,21H,3-5,10-12H2,(H,19,23). The number of hydrogen-bond donors (Lipinski definition) is 2. The molecule has 1 aliphatic carbocycles. The quantitative estimate of drug-likeness (QED) is 0.902. The minimum absolute atomic E-state index is 0.0338. The summed E-state index contributed by atoms with van der Waals surface area (Å²) in [5, 5.41) is 13.3. The molecule has 2 aromatic rings. The Bertz CT molecular complexity index is 753. The summed E-state index contributed by atoms with van der Waals surface area (Å²) in [7, 11) is 0. The van der Waals surface area contributed by atoms with Gasteiger partial charge in [-0.25, -0.2) is 0 Å². The van der Waals surface area contributed by atoms with Gasteiger partial charge in [0.05, 0.1) is 11.6 Å². The normalized spacial score (nSPS) is 21.3. The lowest BCUT2D eigenvalue weighted by Gasteiger charge is -2.26. The summed E-state index contributed by atoms with van der Waals surface area (Å²) in [5.74, 6) is 0.285. The molecule has 122 valence electrons. The lowest BCUT2D eigenvalue weighted by molar-refractivity contribution is -0.121. The Hall–Kier alpha value is -2.14. The van der Waals surface area contributed by atoms with Gasteiger partial charge in [0.1, 0.15) is 6.54 Å². The molecule has 0 spiro atoms. The zero-order chi connectivity index (χ0) is 16.2. The van der Waals surface area contributed by atoms with Crippen molar-refractivity contribution in [2.75, 3.05) is 6.54 Å². The van der Waals surface area contributed by atoms with E-state index in [0.717, 1.165) is 31.2 Å². The van der Waals surface area contributed by atoms with Crippen molar-refractivity contribution in [1.29, 1.82) is 0 Å². The fourth-order valence-electron chi connectivity index (χ4n) is 3.31. The van der Waals surface area contributed by atoms with Crippen molar-refractivity contribution in [2.45, 2.75) is 38.3 Å². The second kappa shape index (κ2) is 6.96. The minimum Gasteiger partial charge on any atom is -0.393 e. The third kappa shape index (κ3) is 3.79. The van der Waals surface area contributed by atoms with Gasteiger partial charge in [0.2, 0.25) is 5.91 Å². The number of nitrogens with one attached hydrogen (secondary N) is 1. The van der Waals surface area contributed by atoms with Crippen LogP contribution in [0.3, 0.4) is 0 Å². The number of aromatic nitrogens is 1. The number of amides is 1. The number of carbonyl (C=O) groups excluding carboxylic acids is 1. The number of nitrogens with zero attached hydrogens (tertiary/aromatic N) is 1. The SMILES string of the molecule is O=C(Cn1ccc(=O)c2ccccc21)NCC1CCCC(O)C1. The van der Waals surface area contributed by atoms with Gasteiger partial charge in [-0.05, 0) is 37.3 Å². The monoisotopic (exact) mass is 314 g/mol. The predicted octanol–water partition coefficient (Wildman–Crippen LogP) is 1.67. The first-order chi connectivity index (χ1) is 11.1. The largest absolute Gasteiger partial charge is 0.393 e. The number of pyridine rings is 1. The van der Waals surface area contributed by atoms with E-state index in [9.17, 15) is 14.7 Å². The Morgan fingerprint density at radius 2 is 2.09 bits per heavy atom. The second-order valence-corrected chi connectivity index (χ2v) is 6.32. The van der Waals surface area contributed by atoms with Crippen LogP contribution in [0.25, 0.3) is 10.9 Å². The van der Waals surface area contributed by atoms with Crippen LogP contribution in [0.5, 0.6) is 0 Å². The molecule has 0 saturated heterocycles. The molecule has 23 heavy (non-hydrogen) atoms. The number of carbonyl (C=O) groups is 1. The molecule has 1 saturated carbocycles. The van der Waals surface area contributed by atoms with Crippen molar-refractivity contribution in [3.63, 3.8) is 0 Å². The topological polar surface area (TPSA) is 71.3 Å². The number of rotatable bonds is 4. The van der Waals surface area contributed by atoms with Gasteiger partial charge in [-0.2, -0.15) is 0 Å². The highest BCUT2D eigenvalue weighted by Gasteiger charge is 2.20. The summed E-state index contributed by atoms with van der Waals surface area (Å²) in [6.07, 6.45) is 5.14. The molecule has 1 heterocycles. The molecular weight excluding hydrogens is 292 g/mol. The summed E-state index contributed by atoms with van der Waals surface area (Å²) in [6.45, 7) is 0.796. The highest BCUT2D eigenvalue weighted by Crippen LogP contribution is 2.23. The van der Waals surface area contributed by atoms with Crippen molar-refractivity contribution in [3.8, 4) is 0 Å². The van der Waals surface area contributed by atoms with Crippen molar-refractivity contribution in [2.24, 2.45) is 5.92 Å². The maximum Gasteiger partial charge on any atom is 0.239 e. The van der Waals surface area contributed by atoms with Crippen molar-refractivity contribution in [1.82, 2.24) is 9.88 Å². The van der Waals surface area contributed by atoms with Gasteiger partial charge >= 0.3 is 0 Å². The Balaban J connectivity index is 1.64. The van der Waals surface area contributed by atoms with E-state index in [1.807, 2.05) is 18.2 Å². The molecule has 2 unspecified atom stereocenters. The average molecular weight is 314 g/mol. The van der Waals surface area contributed by atoms with Crippen LogP contribution < -0.4 is 10.7 Å². The van der Waals surface area contributed by atoms with E-state index >= 15 is 0 Å². The fourth-order valence-corrected chi connectivity index (χ4v) is 3.31. The van der Waals surface area contributed by atoms with Gasteiger partial charge < -0.3 is 15.0 Å². The lowest BCUT2D eigenvalue weighted by atomic mass is 9.87. The molecule has 1 aromatic carbocycles. The molecule has 5 nitrogen and oxygen atoms in total. The summed E-state index contributed by atoms with van der Waals surface area (Å²) in [4.78, 5) is 24.0. The molecule has 0 aliphatic heterocycles. The highest BCUT2D eigenvalue weighted by molar-refractivity contribution is 5.82. The van der Waals surface area contributed by atoms with E-state index < -0.39 is 0 Å². The molecule has 1 aromatic heterocycles. The van der Waals surface area contributed by atoms with Crippen LogP contribution in [0, 0.1) is 5.92 Å². The van der Waals surface area contributed by atoms with Crippen LogP contribution in [-0.2, 0) is 11.3 Å². The number of para-hydroxylation sites is 1. The number of fused-ring (bicyclic) bond motifs is 1. The maximum absolute atomic E-state index is 12.2. The first kappa shape index (κ1) is 15.7. The van der Waals surface area contributed by atoms with Crippen LogP contribution in [0.1, 0.15) is 25.7 Å². The molecule has 2 N–H and O–H groups in total. The van der Waals surface area contributed by atoms with Crippen molar-refractivity contribution < 1.29 is 9.90 Å². The summed E-state index contributed by atoms with van der Waals surface area (Å²) < 4.78 is 1.79. The van der Waals surface area contributed by atoms with Gasteiger partial charge in [0.25, 0.3) is 0 Å². The fraction of sp³-hybridized carbons (Fsp3) is 0.444. The van der Waals surface area contributed by atoms with E-state index in [4.69, 9.17) is 0 Å². The molecular formula is C18H22N2O3. The summed E-state index contributed by atoms with van der Waals surface area (Å²) in [6, 6.07) is 8.80. The van der Waals surface area contributed by atoms with E-state index in [1.165, 1.54) is 6.07 Å². The predicted molar refractivity (Wildman–Crippen MR) is 89.2 cm³/mol. The van der Waals surface area contributed by atoms with Crippen LogP contribution in [0.4, 0.5) is 0 Å². The minimum atomic E-state index is -0.228. The van der Waals surface area contributed by atoms with Crippen LogP contribution in [0.2, 0.25) is 0 Å². The third-order valence-corrected chi connectivity index (χ3v) is 4.54. The Labute approximate surface area is 134 Å². The van der Waals surface area contributed by atoms with E-state index in [2.05, 4.69) is 5.32 Å². The van der Waals surface area contributed by atoms with E-state index in [-0.39, 0.29) is 24.0 Å². The van der Waals surface area contributed by atoms with Gasteiger partial charge in [0.15, 0.2) is 5.43 Å². The third-order valence-electron chi connectivity index (χ3n) is 4.54.